The molecular weight excluding hydrogens is 428 g/mol. The maximum absolute atomic E-state index is 5.15. The topological polar surface area (TPSA) is 43.1 Å². The molecule has 4 nitrogen and oxygen atoms in total. The number of rotatable bonds is 0. The summed E-state index contributed by atoms with van der Waals surface area (Å²) in [6.07, 6.45) is 9.55. The summed E-state index contributed by atoms with van der Waals surface area (Å²) in [4.78, 5) is 14.0. The minimum absolute atomic E-state index is 0.955. The number of benzene rings is 3. The summed E-state index contributed by atoms with van der Waals surface area (Å²) in [6.45, 7) is 0. The van der Waals surface area contributed by atoms with Gasteiger partial charge in [0.25, 0.3) is 0 Å². The predicted molar refractivity (Wildman–Crippen MR) is 140 cm³/mol. The van der Waals surface area contributed by atoms with Crippen LogP contribution in [0, 0.1) is 0 Å². The Morgan fingerprint density at radius 1 is 0.629 bits per heavy atom. The van der Waals surface area contributed by atoms with Crippen molar-refractivity contribution in [1.29, 1.82) is 0 Å². The zero-order chi connectivity index (χ0) is 22.7. The van der Waals surface area contributed by atoms with E-state index in [1.54, 1.807) is 0 Å². The Morgan fingerprint density at radius 3 is 2.43 bits per heavy atom. The van der Waals surface area contributed by atoms with Gasteiger partial charge >= 0.3 is 0 Å². The summed E-state index contributed by atoms with van der Waals surface area (Å²) in [7, 11) is 0. The van der Waals surface area contributed by atoms with Crippen molar-refractivity contribution in [2.75, 3.05) is 0 Å². The molecule has 2 aliphatic carbocycles. The van der Waals surface area contributed by atoms with Crippen LogP contribution in [0.15, 0.2) is 85.5 Å². The molecule has 0 bridgehead atoms. The van der Waals surface area contributed by atoms with Crippen molar-refractivity contribution < 1.29 is 0 Å². The molecule has 4 heteroatoms. The summed E-state index contributed by atoms with van der Waals surface area (Å²) in [5.74, 6) is 0. The van der Waals surface area contributed by atoms with Gasteiger partial charge in [-0.25, -0.2) is 4.98 Å². The number of aromatic nitrogens is 4. The molecule has 3 aromatic carbocycles. The fourth-order valence-corrected chi connectivity index (χ4v) is 6.50. The average molecular weight is 447 g/mol. The zero-order valence-electron chi connectivity index (χ0n) is 18.8. The molecular formula is C31H18N4. The normalized spacial score (nSPS) is 13.5. The molecule has 0 N–H and O–H groups in total. The molecule has 2 aliphatic rings. The van der Waals surface area contributed by atoms with Gasteiger partial charge in [-0.3, -0.25) is 14.4 Å². The molecule has 35 heavy (non-hydrogen) atoms. The molecule has 0 unspecified atom stereocenters. The van der Waals surface area contributed by atoms with Crippen LogP contribution in [0.3, 0.4) is 0 Å². The van der Waals surface area contributed by atoms with Crippen LogP contribution >= 0.6 is 0 Å². The fourth-order valence-electron chi connectivity index (χ4n) is 6.50. The second kappa shape index (κ2) is 6.10. The molecule has 0 saturated heterocycles. The lowest BCUT2D eigenvalue weighted by Crippen LogP contribution is -1.94. The van der Waals surface area contributed by atoms with Gasteiger partial charge in [-0.15, -0.1) is 0 Å². The van der Waals surface area contributed by atoms with Crippen molar-refractivity contribution in [2.24, 2.45) is 0 Å². The van der Waals surface area contributed by atoms with E-state index in [0.717, 1.165) is 35.0 Å². The van der Waals surface area contributed by atoms with Crippen LogP contribution in [0.4, 0.5) is 0 Å². The zero-order valence-corrected chi connectivity index (χ0v) is 18.8. The third kappa shape index (κ3) is 2.15. The number of pyridine rings is 3. The third-order valence-electron chi connectivity index (χ3n) is 7.97. The van der Waals surface area contributed by atoms with Crippen LogP contribution in [-0.4, -0.2) is 19.4 Å². The maximum Gasteiger partial charge on any atom is 0.147 e. The van der Waals surface area contributed by atoms with Crippen LogP contribution in [0.5, 0.6) is 0 Å². The van der Waals surface area contributed by atoms with E-state index in [2.05, 4.69) is 69.0 Å². The Hall–Kier alpha value is -4.57. The van der Waals surface area contributed by atoms with E-state index in [1.807, 2.05) is 30.9 Å². The van der Waals surface area contributed by atoms with Crippen LogP contribution in [0.25, 0.3) is 60.6 Å². The van der Waals surface area contributed by atoms with Crippen molar-refractivity contribution in [2.45, 2.75) is 12.8 Å². The first kappa shape index (κ1) is 17.8. The second-order valence-electron chi connectivity index (χ2n) is 9.73. The lowest BCUT2D eigenvalue weighted by atomic mass is 9.94. The first-order valence-corrected chi connectivity index (χ1v) is 12.0. The SMILES string of the molecule is c1ccc2c(c1)Cc1cc3c(cc1-2)-c1c(ccc2c4ccncc4n4c5cnccc5nc4c12)C3. The lowest BCUT2D eigenvalue weighted by molar-refractivity contribution is 1.21. The van der Waals surface area contributed by atoms with E-state index in [1.165, 1.54) is 60.7 Å². The summed E-state index contributed by atoms with van der Waals surface area (Å²) < 4.78 is 2.24. The van der Waals surface area contributed by atoms with Gasteiger partial charge in [0, 0.05) is 23.2 Å². The van der Waals surface area contributed by atoms with Crippen molar-refractivity contribution in [3.63, 3.8) is 0 Å². The molecule has 0 radical (unpaired) electrons. The highest BCUT2D eigenvalue weighted by Gasteiger charge is 2.28. The largest absolute Gasteiger partial charge is 0.289 e. The minimum atomic E-state index is 0.955. The van der Waals surface area contributed by atoms with Gasteiger partial charge in [-0.1, -0.05) is 42.5 Å². The predicted octanol–water partition coefficient (Wildman–Crippen LogP) is 6.73. The molecule has 0 spiro atoms. The Bertz CT molecular complexity index is 2070. The van der Waals surface area contributed by atoms with Crippen molar-refractivity contribution in [3.05, 3.63) is 108 Å². The highest BCUT2D eigenvalue weighted by molar-refractivity contribution is 6.19. The molecule has 0 amide bonds. The first-order valence-electron chi connectivity index (χ1n) is 12.0. The molecule has 0 atom stereocenters. The summed E-state index contributed by atoms with van der Waals surface area (Å²) >= 11 is 0. The lowest BCUT2D eigenvalue weighted by Gasteiger charge is -2.13. The van der Waals surface area contributed by atoms with Gasteiger partial charge in [0.15, 0.2) is 0 Å². The number of nitrogens with zero attached hydrogens (tertiary/aromatic N) is 4. The summed E-state index contributed by atoms with van der Waals surface area (Å²) in [6, 6.07) is 22.4. The Kier molecular flexibility index (Phi) is 3.11. The minimum Gasteiger partial charge on any atom is -0.289 e. The van der Waals surface area contributed by atoms with E-state index < -0.39 is 0 Å². The number of imidazole rings is 1. The average Bonchev–Trinajstić information content (AvgIpc) is 3.58. The molecule has 4 aromatic heterocycles. The summed E-state index contributed by atoms with van der Waals surface area (Å²) in [5, 5.41) is 3.64. The molecule has 162 valence electrons. The monoisotopic (exact) mass is 446 g/mol. The summed E-state index contributed by atoms with van der Waals surface area (Å²) in [5.41, 5.74) is 15.1. The van der Waals surface area contributed by atoms with E-state index in [9.17, 15) is 0 Å². The maximum atomic E-state index is 5.15. The highest BCUT2D eigenvalue weighted by Crippen LogP contribution is 2.48. The number of hydrogen-bond donors (Lipinski definition) is 0. The highest BCUT2D eigenvalue weighted by atomic mass is 15.0. The van der Waals surface area contributed by atoms with Gasteiger partial charge in [-0.2, -0.15) is 0 Å². The van der Waals surface area contributed by atoms with Gasteiger partial charge in [-0.05, 0) is 80.9 Å². The van der Waals surface area contributed by atoms with E-state index >= 15 is 0 Å². The van der Waals surface area contributed by atoms with E-state index in [4.69, 9.17) is 4.98 Å². The molecule has 0 saturated carbocycles. The Morgan fingerprint density at radius 2 is 1.46 bits per heavy atom. The molecule has 0 fully saturated rings. The second-order valence-corrected chi connectivity index (χ2v) is 9.73. The Balaban J connectivity index is 1.48. The quantitative estimate of drug-likeness (QED) is 0.243. The van der Waals surface area contributed by atoms with Gasteiger partial charge in [0.2, 0.25) is 0 Å². The third-order valence-corrected chi connectivity index (χ3v) is 7.97. The van der Waals surface area contributed by atoms with E-state index in [-0.39, 0.29) is 0 Å². The molecule has 9 rings (SSSR count). The van der Waals surface area contributed by atoms with Gasteiger partial charge in [0.1, 0.15) is 5.65 Å². The standard InChI is InChI=1S/C31H18N4/c1-2-4-21-17(3-1)11-19-13-20-12-18-5-6-23-22-7-9-32-15-27(22)35-28-16-33-10-8-26(28)34-31(35)30(23)29(18)25(20)14-24(19)21/h1-10,13-16H,11-12H2. The Labute approximate surface area is 200 Å². The van der Waals surface area contributed by atoms with Gasteiger partial charge < -0.3 is 0 Å². The molecule has 0 aliphatic heterocycles. The van der Waals surface area contributed by atoms with Gasteiger partial charge in [0.05, 0.1) is 28.9 Å². The van der Waals surface area contributed by atoms with Crippen molar-refractivity contribution in [1.82, 2.24) is 19.4 Å². The first-order chi connectivity index (χ1) is 17.3. The van der Waals surface area contributed by atoms with Crippen LogP contribution < -0.4 is 0 Å². The fraction of sp³-hybridized carbons (Fsp3) is 0.0645. The van der Waals surface area contributed by atoms with Crippen LogP contribution in [-0.2, 0) is 12.8 Å². The number of hydrogen-bond acceptors (Lipinski definition) is 3. The van der Waals surface area contributed by atoms with Crippen molar-refractivity contribution in [3.8, 4) is 22.3 Å². The van der Waals surface area contributed by atoms with Crippen molar-refractivity contribution >= 4 is 38.4 Å². The van der Waals surface area contributed by atoms with Crippen LogP contribution in [0.2, 0.25) is 0 Å². The smallest absolute Gasteiger partial charge is 0.147 e. The molecule has 7 aromatic rings. The van der Waals surface area contributed by atoms with E-state index in [0.29, 0.717) is 0 Å². The molecule has 4 heterocycles. The number of fused-ring (bicyclic) bond motifs is 15. The van der Waals surface area contributed by atoms with Crippen LogP contribution in [0.1, 0.15) is 22.3 Å².